The van der Waals surface area contributed by atoms with Crippen molar-refractivity contribution in [3.05, 3.63) is 88.7 Å². The predicted octanol–water partition coefficient (Wildman–Crippen LogP) is 3.70. The van der Waals surface area contributed by atoms with Gasteiger partial charge in [0.1, 0.15) is 11.6 Å². The highest BCUT2D eigenvalue weighted by Crippen LogP contribution is 2.24. The molecule has 0 bridgehead atoms. The lowest BCUT2D eigenvalue weighted by Gasteiger charge is -2.22. The first-order chi connectivity index (χ1) is 17.1. The van der Waals surface area contributed by atoms with E-state index in [-0.39, 0.29) is 24.8 Å². The quantitative estimate of drug-likeness (QED) is 0.437. The summed E-state index contributed by atoms with van der Waals surface area (Å²) in [5.41, 5.74) is 9.54. The highest BCUT2D eigenvalue weighted by atomic mass is 35.5. The van der Waals surface area contributed by atoms with Crippen LogP contribution in [0.25, 0.3) is 16.5 Å². The molecule has 0 saturated carbocycles. The molecule has 1 aliphatic heterocycles. The van der Waals surface area contributed by atoms with Gasteiger partial charge in [0.25, 0.3) is 5.91 Å². The summed E-state index contributed by atoms with van der Waals surface area (Å²) in [6, 6.07) is 12.5. The van der Waals surface area contributed by atoms with E-state index in [1.54, 1.807) is 47.6 Å². The molecule has 0 radical (unpaired) electrons. The molecule has 176 valence electrons. The van der Waals surface area contributed by atoms with E-state index in [0.29, 0.717) is 40.8 Å². The normalized spacial score (nSPS) is 13.5. The number of amides is 1. The summed E-state index contributed by atoms with van der Waals surface area (Å²) in [5.74, 6) is 0.570. The smallest absolute Gasteiger partial charge is 0.254 e. The maximum Gasteiger partial charge on any atom is 0.254 e. The summed E-state index contributed by atoms with van der Waals surface area (Å²) in [7, 11) is 0. The Morgan fingerprint density at radius 3 is 2.69 bits per heavy atom. The highest BCUT2D eigenvalue weighted by molar-refractivity contribution is 6.33. The number of ether oxygens (including phenoxy) is 1. The van der Waals surface area contributed by atoms with E-state index in [1.165, 1.54) is 0 Å². The third-order valence-electron chi connectivity index (χ3n) is 5.65. The van der Waals surface area contributed by atoms with Gasteiger partial charge < -0.3 is 15.4 Å². The fraction of sp³-hybridized carbons (Fsp3) is 0.200. The molecule has 35 heavy (non-hydrogen) atoms. The van der Waals surface area contributed by atoms with Crippen LogP contribution in [0.5, 0.6) is 0 Å². The molecule has 10 heteroatoms. The van der Waals surface area contributed by atoms with Crippen LogP contribution >= 0.6 is 11.6 Å². The number of fused-ring (bicyclic) bond motifs is 1. The molecule has 4 aromatic rings. The number of nitrogens with zero attached hydrogens (tertiary/aromatic N) is 6. The lowest BCUT2D eigenvalue weighted by molar-refractivity contribution is 0.0723. The maximum absolute atomic E-state index is 13.6. The van der Waals surface area contributed by atoms with Crippen LogP contribution in [0.3, 0.4) is 0 Å². The number of hydrogen-bond acceptors (Lipinski definition) is 8. The average molecular weight is 488 g/mol. The van der Waals surface area contributed by atoms with Crippen molar-refractivity contribution >= 4 is 39.8 Å². The summed E-state index contributed by atoms with van der Waals surface area (Å²) in [5, 5.41) is 9.81. The van der Waals surface area contributed by atoms with Gasteiger partial charge in [0.2, 0.25) is 0 Å². The number of rotatable bonds is 6. The molecule has 4 heterocycles. The Bertz CT molecular complexity index is 1390. The fourth-order valence-electron chi connectivity index (χ4n) is 3.83. The molecular formula is C25H22ClN7O2. The van der Waals surface area contributed by atoms with Gasteiger partial charge in [-0.15, -0.1) is 0 Å². The Morgan fingerprint density at radius 1 is 1.09 bits per heavy atom. The van der Waals surface area contributed by atoms with Crippen LogP contribution in [0.1, 0.15) is 34.0 Å². The lowest BCUT2D eigenvalue weighted by atomic mass is 10.1. The van der Waals surface area contributed by atoms with Crippen LogP contribution in [0.4, 0.5) is 5.82 Å². The Morgan fingerprint density at radius 2 is 1.94 bits per heavy atom. The monoisotopic (exact) mass is 487 g/mol. The van der Waals surface area contributed by atoms with Gasteiger partial charge in [-0.2, -0.15) is 10.2 Å². The minimum absolute atomic E-state index is 0.203. The number of aromatic nitrogens is 5. The first kappa shape index (κ1) is 22.8. The number of benzene rings is 1. The van der Waals surface area contributed by atoms with Crippen molar-refractivity contribution in [2.45, 2.75) is 19.5 Å². The molecule has 0 aliphatic carbocycles. The molecule has 0 fully saturated rings. The molecule has 1 amide bonds. The van der Waals surface area contributed by atoms with Crippen LogP contribution in [-0.4, -0.2) is 49.2 Å². The summed E-state index contributed by atoms with van der Waals surface area (Å²) in [4.78, 5) is 28.1. The molecule has 9 nitrogen and oxygen atoms in total. The zero-order valence-electron chi connectivity index (χ0n) is 18.8. The van der Waals surface area contributed by atoms with Crippen molar-refractivity contribution in [3.63, 3.8) is 0 Å². The fourth-order valence-corrected chi connectivity index (χ4v) is 3.99. The lowest BCUT2D eigenvalue weighted by Crippen LogP contribution is -2.31. The second kappa shape index (κ2) is 10.1. The van der Waals surface area contributed by atoms with Crippen LogP contribution in [0.2, 0.25) is 5.02 Å². The Hall–Kier alpha value is -3.95. The molecule has 3 aromatic heterocycles. The van der Waals surface area contributed by atoms with Crippen molar-refractivity contribution in [3.8, 4) is 0 Å². The van der Waals surface area contributed by atoms with Gasteiger partial charge in [-0.05, 0) is 54.5 Å². The molecule has 0 spiro atoms. The van der Waals surface area contributed by atoms with Crippen molar-refractivity contribution < 1.29 is 9.53 Å². The largest absolute Gasteiger partial charge is 0.382 e. The topological polar surface area (TPSA) is 120 Å². The first-order valence-corrected chi connectivity index (χ1v) is 11.5. The highest BCUT2D eigenvalue weighted by Gasteiger charge is 2.20. The number of nitrogen functional groups attached to an aromatic ring is 1. The minimum atomic E-state index is -0.203. The number of carbonyl (C=O) groups excluding carboxylic acids is 1. The van der Waals surface area contributed by atoms with Gasteiger partial charge in [0, 0.05) is 23.3 Å². The van der Waals surface area contributed by atoms with E-state index in [0.717, 1.165) is 23.1 Å². The van der Waals surface area contributed by atoms with Gasteiger partial charge in [0.15, 0.2) is 0 Å². The van der Waals surface area contributed by atoms with Gasteiger partial charge in [-0.3, -0.25) is 4.79 Å². The minimum Gasteiger partial charge on any atom is -0.382 e. The first-order valence-electron chi connectivity index (χ1n) is 11.1. The van der Waals surface area contributed by atoms with E-state index >= 15 is 0 Å². The Balaban J connectivity index is 1.43. The van der Waals surface area contributed by atoms with Crippen molar-refractivity contribution in [2.24, 2.45) is 0 Å². The summed E-state index contributed by atoms with van der Waals surface area (Å²) >= 11 is 6.14. The Kier molecular flexibility index (Phi) is 6.60. The van der Waals surface area contributed by atoms with Gasteiger partial charge in [-0.1, -0.05) is 17.7 Å². The number of pyridine rings is 1. The number of anilines is 1. The molecule has 0 unspecified atom stereocenters. The van der Waals surface area contributed by atoms with Gasteiger partial charge >= 0.3 is 0 Å². The van der Waals surface area contributed by atoms with E-state index < -0.39 is 0 Å². The Labute approximate surface area is 206 Å². The standard InChI is InChI=1S/C25H22ClN7O2/c26-20-13-18-12-17(2-4-21(18)30-24(20)27)25(34)33(15-23-28-8-1-9-29-23)14-19-3-5-22(32-31-19)16-6-10-35-11-7-16/h1-6,8-9,12-13H,7,10-11,14-15H2,(H2,27,30). The molecule has 0 saturated heterocycles. The maximum atomic E-state index is 13.6. The second-order valence-corrected chi connectivity index (χ2v) is 8.46. The van der Waals surface area contributed by atoms with Crippen molar-refractivity contribution in [2.75, 3.05) is 18.9 Å². The molecule has 1 aliphatic rings. The number of hydrogen-bond donors (Lipinski definition) is 1. The zero-order chi connectivity index (χ0) is 24.2. The average Bonchev–Trinajstić information content (AvgIpc) is 2.90. The van der Waals surface area contributed by atoms with Crippen LogP contribution in [-0.2, 0) is 17.8 Å². The van der Waals surface area contributed by atoms with E-state index in [4.69, 9.17) is 22.1 Å². The van der Waals surface area contributed by atoms with Crippen LogP contribution < -0.4 is 5.73 Å². The van der Waals surface area contributed by atoms with E-state index in [9.17, 15) is 4.79 Å². The second-order valence-electron chi connectivity index (χ2n) is 8.05. The third kappa shape index (κ3) is 5.26. The van der Waals surface area contributed by atoms with Crippen LogP contribution in [0, 0.1) is 0 Å². The summed E-state index contributed by atoms with van der Waals surface area (Å²) < 4.78 is 5.36. The molecule has 0 atom stereocenters. The molecule has 2 N–H and O–H groups in total. The predicted molar refractivity (Wildman–Crippen MR) is 132 cm³/mol. The van der Waals surface area contributed by atoms with Crippen molar-refractivity contribution in [1.82, 2.24) is 30.0 Å². The van der Waals surface area contributed by atoms with Crippen LogP contribution in [0.15, 0.2) is 60.9 Å². The SMILES string of the molecule is Nc1nc2ccc(C(=O)N(Cc3ccc(C4=CCOCC4)nn3)Cc3ncccn3)cc2cc1Cl. The number of nitrogens with two attached hydrogens (primary N) is 1. The number of halogens is 1. The third-order valence-corrected chi connectivity index (χ3v) is 5.95. The number of carbonyl (C=O) groups is 1. The summed E-state index contributed by atoms with van der Waals surface area (Å²) in [6.07, 6.45) is 6.12. The van der Waals surface area contributed by atoms with E-state index in [2.05, 4.69) is 25.1 Å². The van der Waals surface area contributed by atoms with Gasteiger partial charge in [-0.25, -0.2) is 15.0 Å². The van der Waals surface area contributed by atoms with Gasteiger partial charge in [0.05, 0.1) is 48.2 Å². The molecule has 5 rings (SSSR count). The van der Waals surface area contributed by atoms with E-state index in [1.807, 2.05) is 18.2 Å². The molecular weight excluding hydrogens is 466 g/mol. The zero-order valence-corrected chi connectivity index (χ0v) is 19.5. The summed E-state index contributed by atoms with van der Waals surface area (Å²) in [6.45, 7) is 1.71. The molecule has 1 aromatic carbocycles. The van der Waals surface area contributed by atoms with Crippen molar-refractivity contribution in [1.29, 1.82) is 0 Å².